The van der Waals surface area contributed by atoms with Crippen LogP contribution in [0.3, 0.4) is 0 Å². The van der Waals surface area contributed by atoms with Gasteiger partial charge in [-0.1, -0.05) is 23.7 Å². The molecule has 2 N–H and O–H groups in total. The minimum Gasteiger partial charge on any atom is -0.335 e. The summed E-state index contributed by atoms with van der Waals surface area (Å²) < 4.78 is 0. The number of carbonyl (C=O) groups is 1. The van der Waals surface area contributed by atoms with Gasteiger partial charge >= 0.3 is 0 Å². The number of thiazole rings is 1. The lowest BCUT2D eigenvalue weighted by Crippen LogP contribution is -2.48. The average Bonchev–Trinajstić information content (AvgIpc) is 3.04. The van der Waals surface area contributed by atoms with Crippen molar-refractivity contribution in [3.05, 3.63) is 50.9 Å². The van der Waals surface area contributed by atoms with Crippen molar-refractivity contribution in [3.8, 4) is 0 Å². The molecule has 0 unspecified atom stereocenters. The Kier molecular flexibility index (Phi) is 5.84. The van der Waals surface area contributed by atoms with Gasteiger partial charge in [0.15, 0.2) is 0 Å². The molecule has 1 amide bonds. The second-order valence-electron chi connectivity index (χ2n) is 5.86. The number of hydrogen-bond donors (Lipinski definition) is 1. The molecule has 0 radical (unpaired) electrons. The summed E-state index contributed by atoms with van der Waals surface area (Å²) in [5.74, 6) is 0.0249. The maximum atomic E-state index is 12.5. The van der Waals surface area contributed by atoms with Gasteiger partial charge in [-0.15, -0.1) is 11.3 Å². The highest BCUT2D eigenvalue weighted by Crippen LogP contribution is 2.16. The fraction of sp³-hybridized carbons (Fsp3) is 0.412. The molecule has 0 saturated carbocycles. The molecule has 2 aromatic rings. The Labute approximate surface area is 151 Å². The predicted octanol–water partition coefficient (Wildman–Crippen LogP) is 2.26. The van der Waals surface area contributed by atoms with E-state index in [1.807, 2.05) is 28.5 Å². The second-order valence-corrected chi connectivity index (χ2v) is 7.24. The van der Waals surface area contributed by atoms with E-state index in [2.05, 4.69) is 16.0 Å². The molecular weight excluding hydrogens is 344 g/mol. The third kappa shape index (κ3) is 4.33. The minimum atomic E-state index is 0.0249. The van der Waals surface area contributed by atoms with Crippen molar-refractivity contribution >= 4 is 28.8 Å². The van der Waals surface area contributed by atoms with Crippen molar-refractivity contribution in [2.75, 3.05) is 32.7 Å². The number of benzene rings is 1. The quantitative estimate of drug-likeness (QED) is 0.883. The van der Waals surface area contributed by atoms with E-state index >= 15 is 0 Å². The lowest BCUT2D eigenvalue weighted by molar-refractivity contribution is 0.0623. The van der Waals surface area contributed by atoms with Crippen LogP contribution in [0.1, 0.15) is 21.1 Å². The first-order chi connectivity index (χ1) is 11.7. The maximum Gasteiger partial charge on any atom is 0.273 e. The first kappa shape index (κ1) is 17.4. The van der Waals surface area contributed by atoms with Gasteiger partial charge in [0.25, 0.3) is 5.91 Å². The minimum absolute atomic E-state index is 0.0249. The highest BCUT2D eigenvalue weighted by atomic mass is 35.5. The molecule has 24 heavy (non-hydrogen) atoms. The summed E-state index contributed by atoms with van der Waals surface area (Å²) in [6.07, 6.45) is 0.728. The predicted molar refractivity (Wildman–Crippen MR) is 97.5 cm³/mol. The maximum absolute atomic E-state index is 12.5. The number of piperazine rings is 1. The van der Waals surface area contributed by atoms with Gasteiger partial charge in [0.1, 0.15) is 5.69 Å². The Balaban J connectivity index is 1.53. The highest BCUT2D eigenvalue weighted by Gasteiger charge is 2.23. The molecule has 1 aliphatic rings. The van der Waals surface area contributed by atoms with E-state index in [1.54, 1.807) is 0 Å². The van der Waals surface area contributed by atoms with Gasteiger partial charge in [0, 0.05) is 49.5 Å². The van der Waals surface area contributed by atoms with Crippen molar-refractivity contribution in [2.24, 2.45) is 5.73 Å². The zero-order valence-electron chi connectivity index (χ0n) is 13.4. The Hall–Kier alpha value is -1.47. The highest BCUT2D eigenvalue weighted by molar-refractivity contribution is 7.09. The molecule has 1 aromatic carbocycles. The molecule has 1 fully saturated rings. The van der Waals surface area contributed by atoms with Crippen LogP contribution in [0.5, 0.6) is 0 Å². The lowest BCUT2D eigenvalue weighted by Gasteiger charge is -2.34. The van der Waals surface area contributed by atoms with Crippen LogP contribution in [-0.4, -0.2) is 53.4 Å². The van der Waals surface area contributed by atoms with E-state index in [4.69, 9.17) is 17.3 Å². The lowest BCUT2D eigenvalue weighted by atomic mass is 10.2. The number of aromatic nitrogens is 1. The average molecular weight is 365 g/mol. The Morgan fingerprint density at radius 1 is 1.29 bits per heavy atom. The van der Waals surface area contributed by atoms with Gasteiger partial charge in [-0.3, -0.25) is 9.69 Å². The summed E-state index contributed by atoms with van der Waals surface area (Å²) in [6.45, 7) is 4.59. The number of rotatable bonds is 5. The fourth-order valence-corrected chi connectivity index (χ4v) is 3.81. The number of nitrogens with two attached hydrogens (primary N) is 1. The van der Waals surface area contributed by atoms with Crippen LogP contribution in [0.4, 0.5) is 0 Å². The number of amides is 1. The number of carbonyl (C=O) groups excluding carboxylic acids is 1. The molecule has 0 bridgehead atoms. The molecule has 128 valence electrons. The summed E-state index contributed by atoms with van der Waals surface area (Å²) in [5.41, 5.74) is 7.28. The Morgan fingerprint density at radius 3 is 2.79 bits per heavy atom. The summed E-state index contributed by atoms with van der Waals surface area (Å²) in [6, 6.07) is 7.93. The van der Waals surface area contributed by atoms with Crippen LogP contribution >= 0.6 is 22.9 Å². The van der Waals surface area contributed by atoms with Crippen molar-refractivity contribution in [1.82, 2.24) is 14.8 Å². The zero-order valence-corrected chi connectivity index (χ0v) is 15.0. The van der Waals surface area contributed by atoms with Crippen molar-refractivity contribution in [2.45, 2.75) is 13.0 Å². The topological polar surface area (TPSA) is 62.5 Å². The van der Waals surface area contributed by atoms with Crippen molar-refractivity contribution < 1.29 is 4.79 Å². The van der Waals surface area contributed by atoms with E-state index in [0.29, 0.717) is 12.2 Å². The van der Waals surface area contributed by atoms with Gasteiger partial charge < -0.3 is 10.6 Å². The zero-order chi connectivity index (χ0) is 16.9. The molecule has 7 heteroatoms. The monoisotopic (exact) mass is 364 g/mol. The van der Waals surface area contributed by atoms with E-state index in [9.17, 15) is 4.79 Å². The van der Waals surface area contributed by atoms with Crippen LogP contribution in [0.25, 0.3) is 0 Å². The van der Waals surface area contributed by atoms with Crippen molar-refractivity contribution in [1.29, 1.82) is 0 Å². The molecular formula is C17H21ClN4OS. The number of hydrogen-bond acceptors (Lipinski definition) is 5. The number of nitrogens with zero attached hydrogens (tertiary/aromatic N) is 3. The molecule has 0 aliphatic carbocycles. The third-order valence-electron chi connectivity index (χ3n) is 4.08. The molecule has 0 spiro atoms. The normalized spacial score (nSPS) is 15.7. The third-order valence-corrected chi connectivity index (χ3v) is 5.23. The van der Waals surface area contributed by atoms with Crippen LogP contribution < -0.4 is 5.73 Å². The summed E-state index contributed by atoms with van der Waals surface area (Å²) in [5, 5.41) is 3.53. The molecule has 1 aromatic heterocycles. The standard InChI is InChI=1S/C17H21ClN4OS/c18-14-3-1-2-13(10-14)11-21-6-8-22(9-7-21)17(23)15-12-24-16(20-15)4-5-19/h1-3,10,12H,4-9,11,19H2. The van der Waals surface area contributed by atoms with Crippen molar-refractivity contribution in [3.63, 3.8) is 0 Å². The summed E-state index contributed by atoms with van der Waals surface area (Å²) in [7, 11) is 0. The second kappa shape index (κ2) is 8.07. The van der Waals surface area contributed by atoms with Gasteiger partial charge in [-0.2, -0.15) is 0 Å². The first-order valence-corrected chi connectivity index (χ1v) is 9.32. The fourth-order valence-electron chi connectivity index (χ4n) is 2.81. The largest absolute Gasteiger partial charge is 0.335 e. The Bertz CT molecular complexity index is 697. The van der Waals surface area contributed by atoms with E-state index in [0.717, 1.165) is 49.2 Å². The Morgan fingerprint density at radius 2 is 2.08 bits per heavy atom. The van der Waals surface area contributed by atoms with E-state index in [1.165, 1.54) is 16.9 Å². The molecule has 0 atom stereocenters. The van der Waals surface area contributed by atoms with Crippen LogP contribution in [-0.2, 0) is 13.0 Å². The molecule has 1 saturated heterocycles. The molecule has 3 rings (SSSR count). The SMILES string of the molecule is NCCc1nc(C(=O)N2CCN(Cc3cccc(Cl)c3)CC2)cs1. The van der Waals surface area contributed by atoms with Crippen LogP contribution in [0.2, 0.25) is 5.02 Å². The molecule has 2 heterocycles. The smallest absolute Gasteiger partial charge is 0.273 e. The molecule has 5 nitrogen and oxygen atoms in total. The van der Waals surface area contributed by atoms with Gasteiger partial charge in [-0.05, 0) is 24.2 Å². The van der Waals surface area contributed by atoms with Gasteiger partial charge in [-0.25, -0.2) is 4.98 Å². The molecule has 1 aliphatic heterocycles. The van der Waals surface area contributed by atoms with Crippen LogP contribution in [0.15, 0.2) is 29.6 Å². The van der Waals surface area contributed by atoms with Crippen LogP contribution in [0, 0.1) is 0 Å². The summed E-state index contributed by atoms with van der Waals surface area (Å²) >= 11 is 7.54. The number of halogens is 1. The van der Waals surface area contributed by atoms with E-state index < -0.39 is 0 Å². The van der Waals surface area contributed by atoms with Gasteiger partial charge in [0.2, 0.25) is 0 Å². The summed E-state index contributed by atoms with van der Waals surface area (Å²) in [4.78, 5) is 21.1. The van der Waals surface area contributed by atoms with E-state index in [-0.39, 0.29) is 5.91 Å². The van der Waals surface area contributed by atoms with Gasteiger partial charge in [0.05, 0.1) is 5.01 Å². The first-order valence-electron chi connectivity index (χ1n) is 8.06.